The molecule has 5 rings (SSSR count). The van der Waals surface area contributed by atoms with Crippen molar-refractivity contribution < 1.29 is 17.7 Å². The van der Waals surface area contributed by atoms with Crippen molar-refractivity contribution in [3.8, 4) is 11.4 Å². The second kappa shape index (κ2) is 8.46. The Morgan fingerprint density at radius 1 is 0.935 bits per heavy atom. The number of hydrogen-bond acceptors (Lipinski definition) is 7. The van der Waals surface area contributed by atoms with Crippen molar-refractivity contribution in [3.63, 3.8) is 0 Å². The first-order chi connectivity index (χ1) is 15.1. The van der Waals surface area contributed by atoms with Crippen LogP contribution < -0.4 is 0 Å². The summed E-state index contributed by atoms with van der Waals surface area (Å²) in [6, 6.07) is 13.4. The van der Waals surface area contributed by atoms with Gasteiger partial charge in [-0.3, -0.25) is 4.98 Å². The van der Waals surface area contributed by atoms with Gasteiger partial charge in [0.15, 0.2) is 0 Å². The highest BCUT2D eigenvalue weighted by Crippen LogP contribution is 2.40. The summed E-state index contributed by atoms with van der Waals surface area (Å²) in [6.07, 6.45) is 3.48. The van der Waals surface area contributed by atoms with E-state index < -0.39 is 10.2 Å². The second-order valence-electron chi connectivity index (χ2n) is 7.66. The van der Waals surface area contributed by atoms with Gasteiger partial charge in [0.2, 0.25) is 11.7 Å². The fraction of sp³-hybridized carbons (Fsp3) is 0.381. The maximum Gasteiger partial charge on any atom is 0.282 e. The molecule has 0 amide bonds. The lowest BCUT2D eigenvalue weighted by molar-refractivity contribution is 0.0705. The fourth-order valence-corrected chi connectivity index (χ4v) is 5.81. The maximum absolute atomic E-state index is 13.3. The number of ether oxygens (including phenoxy) is 1. The van der Waals surface area contributed by atoms with E-state index in [1.807, 2.05) is 42.5 Å². The highest BCUT2D eigenvalue weighted by atomic mass is 32.2. The smallest absolute Gasteiger partial charge is 0.282 e. The largest absolute Gasteiger partial charge is 0.379 e. The topological polar surface area (TPSA) is 102 Å². The Hall–Kier alpha value is -2.66. The summed E-state index contributed by atoms with van der Waals surface area (Å²) in [5.41, 5.74) is 1.80. The van der Waals surface area contributed by atoms with Gasteiger partial charge in [-0.15, -0.1) is 0 Å². The van der Waals surface area contributed by atoms with E-state index in [2.05, 4.69) is 15.1 Å². The Kier molecular flexibility index (Phi) is 5.53. The van der Waals surface area contributed by atoms with E-state index in [0.29, 0.717) is 44.6 Å². The molecule has 0 N–H and O–H groups in total. The van der Waals surface area contributed by atoms with Gasteiger partial charge in [0.05, 0.1) is 19.1 Å². The maximum atomic E-state index is 13.3. The predicted molar refractivity (Wildman–Crippen MR) is 112 cm³/mol. The molecule has 2 fully saturated rings. The molecule has 0 spiro atoms. The van der Waals surface area contributed by atoms with Crippen molar-refractivity contribution in [2.45, 2.75) is 11.8 Å². The first-order valence-corrected chi connectivity index (χ1v) is 11.6. The van der Waals surface area contributed by atoms with Crippen LogP contribution in [0.4, 0.5) is 0 Å². The molecule has 0 radical (unpaired) electrons. The Bertz CT molecular complexity index is 1120. The minimum atomic E-state index is -3.61. The van der Waals surface area contributed by atoms with E-state index in [1.54, 1.807) is 12.4 Å². The van der Waals surface area contributed by atoms with Gasteiger partial charge in [0.25, 0.3) is 10.2 Å². The Balaban J connectivity index is 1.46. The number of benzene rings is 1. The quantitative estimate of drug-likeness (QED) is 0.596. The van der Waals surface area contributed by atoms with Gasteiger partial charge in [-0.25, -0.2) is 0 Å². The normalized spacial score (nSPS) is 23.2. The van der Waals surface area contributed by atoms with Crippen molar-refractivity contribution in [1.29, 1.82) is 0 Å². The Morgan fingerprint density at radius 2 is 1.71 bits per heavy atom. The van der Waals surface area contributed by atoms with Crippen LogP contribution >= 0.6 is 0 Å². The molecule has 3 aromatic rings. The van der Waals surface area contributed by atoms with Gasteiger partial charge in [-0.1, -0.05) is 41.6 Å². The summed E-state index contributed by atoms with van der Waals surface area (Å²) in [4.78, 5) is 8.84. The van der Waals surface area contributed by atoms with Crippen molar-refractivity contribution in [1.82, 2.24) is 23.7 Å². The van der Waals surface area contributed by atoms with Crippen molar-refractivity contribution >= 4 is 10.2 Å². The van der Waals surface area contributed by atoms with Gasteiger partial charge in [0, 0.05) is 50.1 Å². The monoisotopic (exact) mass is 441 g/mol. The number of pyridine rings is 1. The average Bonchev–Trinajstić information content (AvgIpc) is 3.49. The van der Waals surface area contributed by atoms with E-state index in [1.165, 1.54) is 8.61 Å². The third-order valence-corrected chi connectivity index (χ3v) is 7.78. The highest BCUT2D eigenvalue weighted by molar-refractivity contribution is 7.86. The molecule has 31 heavy (non-hydrogen) atoms. The van der Waals surface area contributed by atoms with Crippen LogP contribution in [0.25, 0.3) is 11.4 Å². The number of aromatic nitrogens is 3. The summed E-state index contributed by atoms with van der Waals surface area (Å²) in [7, 11) is -3.61. The second-order valence-corrected chi connectivity index (χ2v) is 9.59. The minimum absolute atomic E-state index is 0.131. The van der Waals surface area contributed by atoms with E-state index in [4.69, 9.17) is 9.26 Å². The van der Waals surface area contributed by atoms with Crippen LogP contribution in [0.2, 0.25) is 0 Å². The van der Waals surface area contributed by atoms with Gasteiger partial charge in [-0.2, -0.15) is 22.0 Å². The van der Waals surface area contributed by atoms with Crippen LogP contribution in [0.1, 0.15) is 23.3 Å². The predicted octanol–water partition coefficient (Wildman–Crippen LogP) is 1.89. The average molecular weight is 442 g/mol. The minimum Gasteiger partial charge on any atom is -0.379 e. The molecular weight excluding hydrogens is 418 g/mol. The van der Waals surface area contributed by atoms with Gasteiger partial charge < -0.3 is 9.26 Å². The molecule has 2 aromatic heterocycles. The standard InChI is InChI=1S/C21H23N5O4S/c27-31(28,25-9-11-29-12-10-25)26-14-18(17-7-4-8-22-13-17)19(15-26)21-23-20(24-30-21)16-5-2-1-3-6-16/h1-8,13,18-19H,9-12,14-15H2/t18-,19+/m0/s1. The first-order valence-electron chi connectivity index (χ1n) is 10.2. The van der Waals surface area contributed by atoms with Crippen LogP contribution in [0.3, 0.4) is 0 Å². The summed E-state index contributed by atoms with van der Waals surface area (Å²) >= 11 is 0. The zero-order chi connectivity index (χ0) is 21.3. The molecule has 2 saturated heterocycles. The van der Waals surface area contributed by atoms with Gasteiger partial charge in [0.1, 0.15) is 0 Å². The molecule has 2 aliphatic heterocycles. The molecule has 2 aliphatic rings. The number of hydrogen-bond donors (Lipinski definition) is 0. The lowest BCUT2D eigenvalue weighted by Crippen LogP contribution is -2.47. The Labute approximate surface area is 180 Å². The van der Waals surface area contributed by atoms with Crippen molar-refractivity contribution in [3.05, 3.63) is 66.3 Å². The molecule has 0 aliphatic carbocycles. The van der Waals surface area contributed by atoms with Gasteiger partial charge >= 0.3 is 0 Å². The fourth-order valence-electron chi connectivity index (χ4n) is 4.17. The number of rotatable bonds is 5. The zero-order valence-corrected chi connectivity index (χ0v) is 17.7. The molecule has 162 valence electrons. The lowest BCUT2D eigenvalue weighted by atomic mass is 9.90. The molecule has 4 heterocycles. The molecular formula is C21H23N5O4S. The molecule has 0 unspecified atom stereocenters. The van der Waals surface area contributed by atoms with Gasteiger partial charge in [-0.05, 0) is 11.6 Å². The molecule has 0 bridgehead atoms. The highest BCUT2D eigenvalue weighted by Gasteiger charge is 2.45. The summed E-state index contributed by atoms with van der Waals surface area (Å²) in [5, 5.41) is 4.14. The van der Waals surface area contributed by atoms with Crippen LogP contribution in [0, 0.1) is 0 Å². The van der Waals surface area contributed by atoms with Crippen LogP contribution in [0.15, 0.2) is 59.4 Å². The summed E-state index contributed by atoms with van der Waals surface area (Å²) < 4.78 is 40.5. The first kappa shape index (κ1) is 20.3. The molecule has 2 atom stereocenters. The Morgan fingerprint density at radius 3 is 2.45 bits per heavy atom. The van der Waals surface area contributed by atoms with Crippen LogP contribution in [0.5, 0.6) is 0 Å². The number of nitrogens with zero attached hydrogens (tertiary/aromatic N) is 5. The van der Waals surface area contributed by atoms with Crippen LogP contribution in [-0.2, 0) is 14.9 Å². The lowest BCUT2D eigenvalue weighted by Gasteiger charge is -2.30. The molecule has 10 heteroatoms. The summed E-state index contributed by atoms with van der Waals surface area (Å²) in [6.45, 7) is 2.15. The van der Waals surface area contributed by atoms with E-state index in [0.717, 1.165) is 11.1 Å². The van der Waals surface area contributed by atoms with E-state index in [9.17, 15) is 8.42 Å². The van der Waals surface area contributed by atoms with E-state index in [-0.39, 0.29) is 18.4 Å². The third kappa shape index (κ3) is 3.99. The SMILES string of the molecule is O=S(=O)(N1CCOCC1)N1C[C@@H](c2cccnc2)[C@H](c2nc(-c3ccccc3)no2)C1. The number of morpholine rings is 1. The third-order valence-electron chi connectivity index (χ3n) is 5.81. The zero-order valence-electron chi connectivity index (χ0n) is 16.9. The van der Waals surface area contributed by atoms with Crippen LogP contribution in [-0.4, -0.2) is 71.5 Å². The molecule has 0 saturated carbocycles. The van der Waals surface area contributed by atoms with Crippen molar-refractivity contribution in [2.24, 2.45) is 0 Å². The molecule has 9 nitrogen and oxygen atoms in total. The molecule has 1 aromatic carbocycles. The summed E-state index contributed by atoms with van der Waals surface area (Å²) in [5.74, 6) is 0.543. The van der Waals surface area contributed by atoms with E-state index >= 15 is 0 Å². The van der Waals surface area contributed by atoms with Crippen molar-refractivity contribution in [2.75, 3.05) is 39.4 Å².